The molecule has 8 nitrogen and oxygen atoms in total. The van der Waals surface area contributed by atoms with Crippen LogP contribution in [0.25, 0.3) is 0 Å². The Balaban J connectivity index is -0.00000120. The van der Waals surface area contributed by atoms with Crippen LogP contribution in [0.2, 0.25) is 0 Å². The number of unbranched alkanes of at least 4 members (excludes halogenated alkanes) is 40. The van der Waals surface area contributed by atoms with Gasteiger partial charge in [-0.15, -0.1) is 0 Å². The van der Waals surface area contributed by atoms with Crippen LogP contribution in [0.1, 0.15) is 336 Å². The number of hydrogen-bond donors (Lipinski definition) is 0. The molecule has 0 amide bonds. The van der Waals surface area contributed by atoms with Gasteiger partial charge < -0.3 is 9.11 Å². The van der Waals surface area contributed by atoms with Gasteiger partial charge in [-0.25, -0.2) is 16.8 Å². The second kappa shape index (κ2) is 57.9. The molecular formula is C56H114CaO8S2. The summed E-state index contributed by atoms with van der Waals surface area (Å²) in [5, 5.41) is 0. The van der Waals surface area contributed by atoms with Gasteiger partial charge in [-0.05, 0) is 37.5 Å². The van der Waals surface area contributed by atoms with Gasteiger partial charge in [0.15, 0.2) is 0 Å². The summed E-state index contributed by atoms with van der Waals surface area (Å²) in [7, 11) is -9.15. The van der Waals surface area contributed by atoms with E-state index in [-0.39, 0.29) is 62.8 Å². The van der Waals surface area contributed by atoms with Gasteiger partial charge in [0, 0.05) is 0 Å². The van der Waals surface area contributed by atoms with Gasteiger partial charge >= 0.3 is 37.7 Å². The van der Waals surface area contributed by atoms with Crippen LogP contribution in [0.4, 0.5) is 0 Å². The molecule has 0 heterocycles. The van der Waals surface area contributed by atoms with Gasteiger partial charge in [0.2, 0.25) is 20.8 Å². The molecule has 0 fully saturated rings. The molecule has 2 unspecified atom stereocenters. The van der Waals surface area contributed by atoms with Crippen molar-refractivity contribution >= 4 is 58.5 Å². The summed E-state index contributed by atoms with van der Waals surface area (Å²) >= 11 is 0. The Morgan fingerprint density at radius 2 is 0.403 bits per heavy atom. The molecule has 2 atom stereocenters. The minimum absolute atomic E-state index is 0. The predicted octanol–water partition coefficient (Wildman–Crippen LogP) is 18.6. The summed E-state index contributed by atoms with van der Waals surface area (Å²) in [6.45, 7) is 9.14. The van der Waals surface area contributed by atoms with Crippen LogP contribution in [0.5, 0.6) is 0 Å². The van der Waals surface area contributed by atoms with Gasteiger partial charge in [-0.3, -0.25) is 8.37 Å². The van der Waals surface area contributed by atoms with Crippen molar-refractivity contribution in [1.82, 2.24) is 0 Å². The van der Waals surface area contributed by atoms with Crippen LogP contribution in [0, 0.1) is 11.8 Å². The molecule has 0 saturated heterocycles. The van der Waals surface area contributed by atoms with E-state index in [1.807, 2.05) is 0 Å². The Labute approximate surface area is 450 Å². The zero-order chi connectivity index (χ0) is 48.9. The van der Waals surface area contributed by atoms with E-state index in [1.165, 1.54) is 257 Å². The van der Waals surface area contributed by atoms with Crippen molar-refractivity contribution in [2.45, 2.75) is 336 Å². The van der Waals surface area contributed by atoms with Crippen LogP contribution in [-0.2, 0) is 29.2 Å². The first-order valence-corrected chi connectivity index (χ1v) is 31.9. The standard InChI is InChI=1S/2C28H58O4S.Ca/c2*1-3-5-7-9-11-12-13-14-15-16-17-18-20-22-24-26-28(27-32-33(29,30)31)25-23-21-19-10-8-6-4-2;/h2*28H,3-27H2,1-2H3,(H,29,30,31);/q;;+2/p-2. The van der Waals surface area contributed by atoms with E-state index >= 15 is 0 Å². The molecule has 0 N–H and O–H groups in total. The fraction of sp³-hybridized carbons (Fsp3) is 1.00. The van der Waals surface area contributed by atoms with E-state index in [0.717, 1.165) is 51.4 Å². The predicted molar refractivity (Wildman–Crippen MR) is 288 cm³/mol. The second-order valence-electron chi connectivity index (χ2n) is 20.4. The Morgan fingerprint density at radius 3 is 0.537 bits per heavy atom. The molecule has 0 aliphatic carbocycles. The van der Waals surface area contributed by atoms with Crippen molar-refractivity contribution in [2.75, 3.05) is 13.2 Å². The molecule has 11 heteroatoms. The average molecular weight is 1020 g/mol. The molecule has 0 radical (unpaired) electrons. The van der Waals surface area contributed by atoms with Crippen molar-refractivity contribution in [3.63, 3.8) is 0 Å². The third-order valence-corrected chi connectivity index (χ3v) is 14.6. The zero-order valence-corrected chi connectivity index (χ0v) is 49.1. The average Bonchev–Trinajstić information content (AvgIpc) is 3.28. The molecule has 0 aromatic carbocycles. The second-order valence-corrected chi connectivity index (χ2v) is 22.5. The summed E-state index contributed by atoms with van der Waals surface area (Å²) in [5.74, 6) is 0.401. The van der Waals surface area contributed by atoms with E-state index in [0.29, 0.717) is 0 Å². The van der Waals surface area contributed by atoms with E-state index in [9.17, 15) is 25.9 Å². The Morgan fingerprint density at radius 1 is 0.269 bits per heavy atom. The molecule has 0 saturated carbocycles. The maximum atomic E-state index is 10.8. The minimum Gasteiger partial charge on any atom is -0.726 e. The smallest absolute Gasteiger partial charge is 0.726 e. The summed E-state index contributed by atoms with van der Waals surface area (Å²) in [5.41, 5.74) is 0. The van der Waals surface area contributed by atoms with E-state index in [2.05, 4.69) is 36.1 Å². The first kappa shape index (κ1) is 72.2. The topological polar surface area (TPSA) is 133 Å². The normalized spacial score (nSPS) is 12.7. The number of rotatable bonds is 54. The summed E-state index contributed by atoms with van der Waals surface area (Å²) in [6.07, 6.45) is 61.8. The first-order chi connectivity index (χ1) is 32.0. The monoisotopic (exact) mass is 1020 g/mol. The quantitative estimate of drug-likeness (QED) is 0.0255. The first-order valence-electron chi connectivity index (χ1n) is 29.2. The largest absolute Gasteiger partial charge is 2.00 e. The molecule has 0 aliphatic heterocycles. The third kappa shape index (κ3) is 67.0. The molecule has 0 aromatic rings. The third-order valence-electron chi connectivity index (χ3n) is 13.8. The zero-order valence-electron chi connectivity index (χ0n) is 45.3. The van der Waals surface area contributed by atoms with Gasteiger partial charge in [0.05, 0.1) is 13.2 Å². The van der Waals surface area contributed by atoms with Crippen molar-refractivity contribution in [2.24, 2.45) is 11.8 Å². The van der Waals surface area contributed by atoms with Crippen LogP contribution in [-0.4, -0.2) is 76.9 Å². The maximum Gasteiger partial charge on any atom is 2.00 e. The van der Waals surface area contributed by atoms with Crippen LogP contribution < -0.4 is 0 Å². The molecule has 67 heavy (non-hydrogen) atoms. The maximum absolute atomic E-state index is 10.8. The van der Waals surface area contributed by atoms with E-state index < -0.39 is 20.8 Å². The fourth-order valence-corrected chi connectivity index (χ4v) is 10.1. The van der Waals surface area contributed by atoms with Crippen molar-refractivity contribution in [3.05, 3.63) is 0 Å². The van der Waals surface area contributed by atoms with Gasteiger partial charge in [-0.2, -0.15) is 0 Å². The van der Waals surface area contributed by atoms with Crippen molar-refractivity contribution < 1.29 is 34.3 Å². The van der Waals surface area contributed by atoms with Crippen molar-refractivity contribution in [1.29, 1.82) is 0 Å². The minimum atomic E-state index is -4.57. The molecule has 0 bridgehead atoms. The van der Waals surface area contributed by atoms with Gasteiger partial charge in [-0.1, -0.05) is 310 Å². The van der Waals surface area contributed by atoms with Crippen molar-refractivity contribution in [3.8, 4) is 0 Å². The van der Waals surface area contributed by atoms with Crippen LogP contribution >= 0.6 is 0 Å². The SMILES string of the molecule is CCCCCCCCCCCCCCCCCC(CCCCCCCCC)COS(=O)(=O)[O-].CCCCCCCCCCCCCCCCCC(CCCCCCCCC)COS(=O)(=O)[O-].[Ca+2]. The van der Waals surface area contributed by atoms with Crippen LogP contribution in [0.3, 0.4) is 0 Å². The Hall–Kier alpha value is 1.000. The number of hydrogen-bond acceptors (Lipinski definition) is 8. The Kier molecular flexibility index (Phi) is 62.4. The summed E-state index contributed by atoms with van der Waals surface area (Å²) in [6, 6.07) is 0. The molecule has 400 valence electrons. The molecule has 0 spiro atoms. The molecular weight excluding hydrogens is 905 g/mol. The van der Waals surface area contributed by atoms with Gasteiger partial charge in [0.1, 0.15) is 0 Å². The molecule has 0 rings (SSSR count). The van der Waals surface area contributed by atoms with E-state index in [4.69, 9.17) is 0 Å². The summed E-state index contributed by atoms with van der Waals surface area (Å²) < 4.78 is 74.3. The van der Waals surface area contributed by atoms with Crippen LogP contribution in [0.15, 0.2) is 0 Å². The Bertz CT molecular complexity index is 1050. The summed E-state index contributed by atoms with van der Waals surface area (Å²) in [4.78, 5) is 0. The van der Waals surface area contributed by atoms with Gasteiger partial charge in [0.25, 0.3) is 0 Å². The van der Waals surface area contributed by atoms with E-state index in [1.54, 1.807) is 0 Å². The fourth-order valence-electron chi connectivity index (χ4n) is 9.37. The molecule has 0 aromatic heterocycles. The molecule has 0 aliphatic rings.